The second kappa shape index (κ2) is 10.4. The Hall–Kier alpha value is -1.87. The van der Waals surface area contributed by atoms with Crippen LogP contribution in [0, 0.1) is 6.92 Å². The number of nitrogens with zero attached hydrogens (tertiary/aromatic N) is 5. The lowest BCUT2D eigenvalue weighted by Gasteiger charge is -2.20. The van der Waals surface area contributed by atoms with Crippen LogP contribution in [0.25, 0.3) is 10.2 Å². The van der Waals surface area contributed by atoms with Crippen molar-refractivity contribution in [2.24, 2.45) is 0 Å². The fourth-order valence-electron chi connectivity index (χ4n) is 3.12. The van der Waals surface area contributed by atoms with Gasteiger partial charge < -0.3 is 9.64 Å². The highest BCUT2D eigenvalue weighted by Crippen LogP contribution is 2.39. The molecule has 1 aromatic carbocycles. The fraction of sp³-hybridized carbons (Fsp3) is 0.450. The average Bonchev–Trinajstić information content (AvgIpc) is 3.29. The molecule has 0 atom stereocenters. The zero-order valence-electron chi connectivity index (χ0n) is 17.8. The topological polar surface area (TPSA) is 63.5 Å². The van der Waals surface area contributed by atoms with Crippen LogP contribution in [-0.2, 0) is 6.54 Å². The summed E-state index contributed by atoms with van der Waals surface area (Å²) in [5, 5.41) is 5.65. The standard InChI is InChI=1S/C20H26ClN5O2S.ClH/c1-6-26-13(2)12-15(23-26)19(27)25(11-7-10-24(3)4)20-22-17-16(28-5)9-8-14(21)18(17)29-20;/h8-9,12H,6-7,10-11H2,1-5H3;1H. The summed E-state index contributed by atoms with van der Waals surface area (Å²) in [6, 6.07) is 5.40. The van der Waals surface area contributed by atoms with Gasteiger partial charge in [-0.05, 0) is 59.1 Å². The van der Waals surface area contributed by atoms with Gasteiger partial charge in [-0.15, -0.1) is 12.4 Å². The molecule has 30 heavy (non-hydrogen) atoms. The van der Waals surface area contributed by atoms with Crippen molar-refractivity contribution >= 4 is 56.6 Å². The van der Waals surface area contributed by atoms with Crippen molar-refractivity contribution in [1.29, 1.82) is 0 Å². The van der Waals surface area contributed by atoms with E-state index >= 15 is 0 Å². The first-order valence-electron chi connectivity index (χ1n) is 9.49. The summed E-state index contributed by atoms with van der Waals surface area (Å²) in [4.78, 5) is 21.9. The number of aryl methyl sites for hydroxylation is 2. The Balaban J connectivity index is 0.00000320. The van der Waals surface area contributed by atoms with Crippen molar-refractivity contribution in [3.63, 3.8) is 0 Å². The van der Waals surface area contributed by atoms with Crippen LogP contribution < -0.4 is 9.64 Å². The summed E-state index contributed by atoms with van der Waals surface area (Å²) < 4.78 is 8.06. The third-order valence-corrected chi connectivity index (χ3v) is 6.17. The predicted molar refractivity (Wildman–Crippen MR) is 126 cm³/mol. The van der Waals surface area contributed by atoms with Crippen LogP contribution in [0.4, 0.5) is 5.13 Å². The van der Waals surface area contributed by atoms with Crippen LogP contribution in [-0.4, -0.2) is 59.9 Å². The molecule has 0 aliphatic heterocycles. The number of hydrogen-bond donors (Lipinski definition) is 0. The lowest BCUT2D eigenvalue weighted by atomic mass is 10.3. The Bertz CT molecular complexity index is 1020. The van der Waals surface area contributed by atoms with E-state index in [0.29, 0.717) is 40.2 Å². The minimum absolute atomic E-state index is 0. The number of thiazole rings is 1. The molecule has 0 unspecified atom stereocenters. The van der Waals surface area contributed by atoms with Gasteiger partial charge in [-0.2, -0.15) is 5.10 Å². The molecule has 0 spiro atoms. The quantitative estimate of drug-likeness (QED) is 0.483. The van der Waals surface area contributed by atoms with Gasteiger partial charge in [0.1, 0.15) is 11.3 Å². The van der Waals surface area contributed by atoms with Crippen molar-refractivity contribution in [2.75, 3.05) is 39.2 Å². The van der Waals surface area contributed by atoms with Crippen LogP contribution in [0.2, 0.25) is 5.02 Å². The van der Waals surface area contributed by atoms with Crippen LogP contribution in [0.3, 0.4) is 0 Å². The molecule has 3 aromatic rings. The van der Waals surface area contributed by atoms with Gasteiger partial charge in [0, 0.05) is 18.8 Å². The molecule has 0 fully saturated rings. The predicted octanol–water partition coefficient (Wildman–Crippen LogP) is 4.50. The van der Waals surface area contributed by atoms with Gasteiger partial charge in [0.05, 0.1) is 16.8 Å². The molecule has 1 amide bonds. The molecule has 10 heteroatoms. The number of methoxy groups -OCH3 is 1. The molecule has 0 saturated carbocycles. The van der Waals surface area contributed by atoms with E-state index in [1.807, 2.05) is 38.7 Å². The third kappa shape index (κ3) is 5.06. The molecule has 0 radical (unpaired) electrons. The molecule has 3 rings (SSSR count). The fourth-order valence-corrected chi connectivity index (χ4v) is 4.40. The van der Waals surface area contributed by atoms with Gasteiger partial charge >= 0.3 is 0 Å². The smallest absolute Gasteiger partial charge is 0.280 e. The second-order valence-electron chi connectivity index (χ2n) is 7.02. The normalized spacial score (nSPS) is 11.0. The van der Waals surface area contributed by atoms with Crippen LogP contribution in [0.1, 0.15) is 29.5 Å². The maximum Gasteiger partial charge on any atom is 0.280 e. The molecular formula is C20H27Cl2N5O2S. The zero-order chi connectivity index (χ0) is 21.1. The summed E-state index contributed by atoms with van der Waals surface area (Å²) in [7, 11) is 5.63. The molecule has 0 aliphatic carbocycles. The number of anilines is 1. The Morgan fingerprint density at radius 2 is 2.03 bits per heavy atom. The molecular weight excluding hydrogens is 445 g/mol. The van der Waals surface area contributed by atoms with Crippen molar-refractivity contribution < 1.29 is 9.53 Å². The monoisotopic (exact) mass is 471 g/mol. The Kier molecular flexibility index (Phi) is 8.49. The highest BCUT2D eigenvalue weighted by atomic mass is 35.5. The minimum atomic E-state index is -0.159. The first-order valence-corrected chi connectivity index (χ1v) is 10.7. The van der Waals surface area contributed by atoms with E-state index in [0.717, 1.165) is 23.4 Å². The van der Waals surface area contributed by atoms with Gasteiger partial charge in [0.25, 0.3) is 5.91 Å². The van der Waals surface area contributed by atoms with Crippen molar-refractivity contribution in [3.8, 4) is 5.75 Å². The zero-order valence-corrected chi connectivity index (χ0v) is 20.2. The maximum absolute atomic E-state index is 13.4. The summed E-state index contributed by atoms with van der Waals surface area (Å²) in [5.41, 5.74) is 2.05. The lowest BCUT2D eigenvalue weighted by Crippen LogP contribution is -2.33. The molecule has 2 heterocycles. The van der Waals surface area contributed by atoms with E-state index in [2.05, 4.69) is 10.00 Å². The first-order chi connectivity index (χ1) is 13.8. The molecule has 0 saturated heterocycles. The molecule has 0 aliphatic rings. The van der Waals surface area contributed by atoms with Gasteiger partial charge in [0.15, 0.2) is 10.8 Å². The summed E-state index contributed by atoms with van der Waals surface area (Å²) in [6.45, 7) is 6.07. The second-order valence-corrected chi connectivity index (χ2v) is 8.41. The number of amides is 1. The maximum atomic E-state index is 13.4. The van der Waals surface area contributed by atoms with Crippen LogP contribution in [0.15, 0.2) is 18.2 Å². The van der Waals surface area contributed by atoms with Gasteiger partial charge in [0.2, 0.25) is 0 Å². The Morgan fingerprint density at radius 3 is 2.63 bits per heavy atom. The highest BCUT2D eigenvalue weighted by molar-refractivity contribution is 7.23. The van der Waals surface area contributed by atoms with Crippen LogP contribution in [0.5, 0.6) is 5.75 Å². The Labute approximate surface area is 192 Å². The highest BCUT2D eigenvalue weighted by Gasteiger charge is 2.25. The Morgan fingerprint density at radius 1 is 1.30 bits per heavy atom. The third-order valence-electron chi connectivity index (χ3n) is 4.63. The van der Waals surface area contributed by atoms with E-state index in [1.54, 1.807) is 24.1 Å². The average molecular weight is 472 g/mol. The van der Waals surface area contributed by atoms with Gasteiger partial charge in [-0.1, -0.05) is 22.9 Å². The number of aromatic nitrogens is 3. The van der Waals surface area contributed by atoms with Crippen LogP contribution >= 0.6 is 35.3 Å². The summed E-state index contributed by atoms with van der Waals surface area (Å²) >= 11 is 7.77. The number of halogens is 2. The van der Waals surface area contributed by atoms with Gasteiger partial charge in [-0.3, -0.25) is 14.4 Å². The van der Waals surface area contributed by atoms with Crippen molar-refractivity contribution in [1.82, 2.24) is 19.7 Å². The number of ether oxygens (including phenoxy) is 1. The van der Waals surface area contributed by atoms with E-state index in [9.17, 15) is 4.79 Å². The summed E-state index contributed by atoms with van der Waals surface area (Å²) in [5.74, 6) is 0.479. The molecule has 0 bridgehead atoms. The van der Waals surface area contributed by atoms with Gasteiger partial charge in [-0.25, -0.2) is 4.98 Å². The number of hydrogen-bond acceptors (Lipinski definition) is 6. The van der Waals surface area contributed by atoms with Crippen molar-refractivity contribution in [2.45, 2.75) is 26.8 Å². The van der Waals surface area contributed by atoms with E-state index in [1.165, 1.54) is 11.3 Å². The van der Waals surface area contributed by atoms with E-state index in [-0.39, 0.29) is 18.3 Å². The largest absolute Gasteiger partial charge is 0.494 e. The van der Waals surface area contributed by atoms with E-state index < -0.39 is 0 Å². The SMILES string of the molecule is CCn1nc(C(=O)N(CCCN(C)C)c2nc3c(OC)ccc(Cl)c3s2)cc1C.Cl. The van der Waals surface area contributed by atoms with E-state index in [4.69, 9.17) is 21.3 Å². The minimum Gasteiger partial charge on any atom is -0.494 e. The number of carbonyl (C=O) groups is 1. The molecule has 164 valence electrons. The number of rotatable bonds is 8. The summed E-state index contributed by atoms with van der Waals surface area (Å²) in [6.07, 6.45) is 0.813. The van der Waals surface area contributed by atoms with Crippen molar-refractivity contribution in [3.05, 3.63) is 34.6 Å². The molecule has 2 aromatic heterocycles. The molecule has 0 N–H and O–H groups in total. The molecule has 7 nitrogen and oxygen atoms in total. The lowest BCUT2D eigenvalue weighted by molar-refractivity contribution is 0.0980. The number of carbonyl (C=O) groups excluding carboxylic acids is 1. The first kappa shape index (κ1) is 24.4. The number of fused-ring (bicyclic) bond motifs is 1. The number of benzene rings is 1.